The van der Waals surface area contributed by atoms with E-state index in [1.165, 1.54) is 6.07 Å². The summed E-state index contributed by atoms with van der Waals surface area (Å²) in [5.41, 5.74) is -0.343. The maximum atomic E-state index is 12.6. The lowest BCUT2D eigenvalue weighted by molar-refractivity contribution is 0.204. The number of halogens is 3. The van der Waals surface area contributed by atoms with Crippen LogP contribution in [0.5, 0.6) is 0 Å². The lowest BCUT2D eigenvalue weighted by Gasteiger charge is -2.07. The van der Waals surface area contributed by atoms with Gasteiger partial charge in [-0.25, -0.2) is 8.42 Å². The van der Waals surface area contributed by atoms with Crippen molar-refractivity contribution >= 4 is 25.8 Å². The third kappa shape index (κ3) is 1.65. The van der Waals surface area contributed by atoms with Gasteiger partial charge < -0.3 is 4.98 Å². The standard InChI is InChI=1S/C6H3BrF2N2O2S/c7-6(8,9)14(12,13)5-3-11-2-4(5)1-10/h2-3,11H. The second-order valence-corrected chi connectivity index (χ2v) is 5.77. The van der Waals surface area contributed by atoms with E-state index in [2.05, 4.69) is 4.98 Å². The van der Waals surface area contributed by atoms with Gasteiger partial charge in [-0.2, -0.15) is 14.0 Å². The SMILES string of the molecule is N#Cc1c[nH]cc1S(=O)(=O)C(F)(F)Br. The Hall–Kier alpha value is -0.940. The van der Waals surface area contributed by atoms with Gasteiger partial charge in [-0.05, 0) is 0 Å². The number of H-pyrrole nitrogens is 1. The normalized spacial score (nSPS) is 12.4. The Morgan fingerprint density at radius 2 is 2.07 bits per heavy atom. The van der Waals surface area contributed by atoms with Crippen molar-refractivity contribution in [3.63, 3.8) is 0 Å². The number of rotatable bonds is 2. The van der Waals surface area contributed by atoms with Crippen molar-refractivity contribution in [3.05, 3.63) is 18.0 Å². The second-order valence-electron chi connectivity index (χ2n) is 2.29. The van der Waals surface area contributed by atoms with Crippen molar-refractivity contribution in [2.45, 2.75) is 9.06 Å². The molecule has 0 aliphatic heterocycles. The first-order chi connectivity index (χ1) is 6.30. The summed E-state index contributed by atoms with van der Waals surface area (Å²) in [6.07, 6.45) is 1.87. The van der Waals surface area contributed by atoms with Crippen molar-refractivity contribution in [2.24, 2.45) is 0 Å². The van der Waals surface area contributed by atoms with Crippen molar-refractivity contribution in [2.75, 3.05) is 0 Å². The Balaban J connectivity index is 3.41. The predicted molar refractivity (Wildman–Crippen MR) is 46.6 cm³/mol. The van der Waals surface area contributed by atoms with E-state index in [4.69, 9.17) is 5.26 Å². The lowest BCUT2D eigenvalue weighted by atomic mass is 10.4. The van der Waals surface area contributed by atoms with Crippen LogP contribution in [0.1, 0.15) is 5.56 Å². The van der Waals surface area contributed by atoms with Gasteiger partial charge in [0.2, 0.25) is 0 Å². The van der Waals surface area contributed by atoms with Gasteiger partial charge in [0.15, 0.2) is 0 Å². The van der Waals surface area contributed by atoms with E-state index in [0.717, 1.165) is 12.4 Å². The van der Waals surface area contributed by atoms with Gasteiger partial charge in [0.1, 0.15) is 11.0 Å². The second kappa shape index (κ2) is 3.33. The van der Waals surface area contributed by atoms with Gasteiger partial charge in [0.25, 0.3) is 9.84 Å². The molecule has 0 aliphatic carbocycles. The number of nitriles is 1. The number of aromatic nitrogens is 1. The largest absolute Gasteiger partial charge is 0.404 e. The summed E-state index contributed by atoms with van der Waals surface area (Å²) in [5, 5.41) is 8.44. The zero-order valence-electron chi connectivity index (χ0n) is 6.46. The van der Waals surface area contributed by atoms with Crippen LogP contribution in [-0.2, 0) is 9.84 Å². The Labute approximate surface area is 86.6 Å². The van der Waals surface area contributed by atoms with E-state index < -0.39 is 18.9 Å². The number of nitrogens with zero attached hydrogens (tertiary/aromatic N) is 1. The predicted octanol–water partition coefficient (Wildman–Crippen LogP) is 1.61. The molecule has 0 radical (unpaired) electrons. The van der Waals surface area contributed by atoms with E-state index in [0.29, 0.717) is 0 Å². The van der Waals surface area contributed by atoms with E-state index in [9.17, 15) is 17.2 Å². The molecule has 0 saturated heterocycles. The molecule has 1 aromatic rings. The van der Waals surface area contributed by atoms with Gasteiger partial charge in [-0.1, -0.05) is 0 Å². The minimum Gasteiger partial charge on any atom is -0.365 e. The highest BCUT2D eigenvalue weighted by Crippen LogP contribution is 2.35. The van der Waals surface area contributed by atoms with Crippen LogP contribution in [0.25, 0.3) is 0 Å². The van der Waals surface area contributed by atoms with Crippen LogP contribution in [0.2, 0.25) is 0 Å². The molecule has 0 aromatic carbocycles. The fraction of sp³-hybridized carbons (Fsp3) is 0.167. The van der Waals surface area contributed by atoms with Crippen LogP contribution in [0.15, 0.2) is 17.3 Å². The van der Waals surface area contributed by atoms with Crippen LogP contribution in [-0.4, -0.2) is 17.6 Å². The summed E-state index contributed by atoms with van der Waals surface area (Å²) >= 11 is 1.74. The summed E-state index contributed by atoms with van der Waals surface area (Å²) in [7, 11) is -4.85. The Morgan fingerprint density at radius 1 is 1.50 bits per heavy atom. The first kappa shape index (κ1) is 11.1. The summed E-state index contributed by atoms with van der Waals surface area (Å²) in [6, 6.07) is 1.49. The number of hydrogen-bond donors (Lipinski definition) is 1. The van der Waals surface area contributed by atoms with Crippen LogP contribution < -0.4 is 0 Å². The molecule has 4 nitrogen and oxygen atoms in total. The van der Waals surface area contributed by atoms with E-state index in [1.807, 2.05) is 0 Å². The van der Waals surface area contributed by atoms with E-state index >= 15 is 0 Å². The molecule has 0 bridgehead atoms. The van der Waals surface area contributed by atoms with Crippen molar-refractivity contribution in [1.82, 2.24) is 4.98 Å². The van der Waals surface area contributed by atoms with Crippen LogP contribution in [0, 0.1) is 11.3 Å². The molecule has 76 valence electrons. The molecule has 1 N–H and O–H groups in total. The molecule has 0 atom stereocenters. The summed E-state index contributed by atoms with van der Waals surface area (Å²) in [5.74, 6) is 0. The van der Waals surface area contributed by atoms with Gasteiger partial charge in [-0.15, -0.1) is 0 Å². The molecule has 1 heterocycles. The number of aromatic amines is 1. The summed E-state index contributed by atoms with van der Waals surface area (Å²) in [4.78, 5) is 1.55. The number of hydrogen-bond acceptors (Lipinski definition) is 3. The van der Waals surface area contributed by atoms with Crippen molar-refractivity contribution in [3.8, 4) is 6.07 Å². The topological polar surface area (TPSA) is 73.7 Å². The fourth-order valence-corrected chi connectivity index (χ4v) is 2.17. The first-order valence-electron chi connectivity index (χ1n) is 3.19. The molecule has 8 heteroatoms. The molecule has 0 aliphatic rings. The van der Waals surface area contributed by atoms with Gasteiger partial charge in [0.05, 0.1) is 5.56 Å². The van der Waals surface area contributed by atoms with Gasteiger partial charge >= 0.3 is 4.16 Å². The number of sulfone groups is 1. The first-order valence-corrected chi connectivity index (χ1v) is 5.46. The molecule has 0 fully saturated rings. The highest BCUT2D eigenvalue weighted by molar-refractivity contribution is 9.11. The Kier molecular flexibility index (Phi) is 2.65. The summed E-state index contributed by atoms with van der Waals surface area (Å²) in [6.45, 7) is 0. The molecule has 14 heavy (non-hydrogen) atoms. The third-order valence-corrected chi connectivity index (χ3v) is 4.23. The molecule has 1 rings (SSSR count). The Bertz CT molecular complexity index is 483. The molecule has 0 unspecified atom stereocenters. The zero-order valence-corrected chi connectivity index (χ0v) is 8.86. The molecule has 0 saturated carbocycles. The molecule has 0 amide bonds. The van der Waals surface area contributed by atoms with Crippen LogP contribution in [0.4, 0.5) is 8.78 Å². The highest BCUT2D eigenvalue weighted by Gasteiger charge is 2.44. The molecule has 1 aromatic heterocycles. The molecular formula is C6H3BrF2N2O2S. The molecular weight excluding hydrogens is 282 g/mol. The quantitative estimate of drug-likeness (QED) is 0.839. The van der Waals surface area contributed by atoms with Gasteiger partial charge in [-0.3, -0.25) is 0 Å². The van der Waals surface area contributed by atoms with E-state index in [-0.39, 0.29) is 5.56 Å². The zero-order chi connectivity index (χ0) is 11.0. The minimum absolute atomic E-state index is 0.343. The van der Waals surface area contributed by atoms with Crippen molar-refractivity contribution in [1.29, 1.82) is 5.26 Å². The minimum atomic E-state index is -4.85. The molecule has 0 spiro atoms. The maximum absolute atomic E-state index is 12.6. The number of nitrogens with one attached hydrogen (secondary N) is 1. The highest BCUT2D eigenvalue weighted by atomic mass is 79.9. The van der Waals surface area contributed by atoms with Gasteiger partial charge in [0, 0.05) is 28.3 Å². The lowest BCUT2D eigenvalue weighted by Crippen LogP contribution is -2.21. The maximum Gasteiger partial charge on any atom is 0.404 e. The Morgan fingerprint density at radius 3 is 2.50 bits per heavy atom. The van der Waals surface area contributed by atoms with Crippen LogP contribution >= 0.6 is 15.9 Å². The van der Waals surface area contributed by atoms with E-state index in [1.54, 1.807) is 15.9 Å². The average Bonchev–Trinajstić information content (AvgIpc) is 2.49. The fourth-order valence-electron chi connectivity index (χ4n) is 0.784. The third-order valence-electron chi connectivity index (χ3n) is 1.42. The number of alkyl halides is 3. The summed E-state index contributed by atoms with van der Waals surface area (Å²) < 4.78 is 43.3. The van der Waals surface area contributed by atoms with Crippen molar-refractivity contribution < 1.29 is 17.2 Å². The smallest absolute Gasteiger partial charge is 0.365 e. The average molecular weight is 285 g/mol. The monoisotopic (exact) mass is 284 g/mol. The van der Waals surface area contributed by atoms with Crippen LogP contribution in [0.3, 0.4) is 0 Å².